The van der Waals surface area contributed by atoms with Gasteiger partial charge < -0.3 is 14.3 Å². The molecule has 0 radical (unpaired) electrons. The Kier molecular flexibility index (Phi) is 4.37. The molecule has 0 aliphatic rings. The first-order valence-electron chi connectivity index (χ1n) is 7.49. The molecule has 0 saturated heterocycles. The Hall–Kier alpha value is -3.03. The van der Waals surface area contributed by atoms with Gasteiger partial charge in [0.1, 0.15) is 5.82 Å². The molecule has 3 heterocycles. The molecular formula is C16H19N7O. The van der Waals surface area contributed by atoms with Crippen LogP contribution in [-0.2, 0) is 6.54 Å². The lowest BCUT2D eigenvalue weighted by Crippen LogP contribution is -2.19. The first kappa shape index (κ1) is 15.9. The summed E-state index contributed by atoms with van der Waals surface area (Å²) in [6.45, 7) is 2.40. The fourth-order valence-electron chi connectivity index (χ4n) is 2.28. The number of nitrogens with zero attached hydrogens (tertiary/aromatic N) is 7. The predicted octanol–water partition coefficient (Wildman–Crippen LogP) is 1.93. The van der Waals surface area contributed by atoms with Crippen LogP contribution in [0.3, 0.4) is 0 Å². The van der Waals surface area contributed by atoms with Gasteiger partial charge >= 0.3 is 0 Å². The highest BCUT2D eigenvalue weighted by molar-refractivity contribution is 5.69. The zero-order chi connectivity index (χ0) is 17.1. The van der Waals surface area contributed by atoms with Gasteiger partial charge in [0.25, 0.3) is 5.89 Å². The van der Waals surface area contributed by atoms with Gasteiger partial charge in [-0.15, -0.1) is 0 Å². The second-order valence-corrected chi connectivity index (χ2v) is 5.66. The van der Waals surface area contributed by atoms with Gasteiger partial charge in [0.2, 0.25) is 5.95 Å². The van der Waals surface area contributed by atoms with Crippen LogP contribution in [0, 0.1) is 6.92 Å². The molecule has 3 aromatic heterocycles. The Morgan fingerprint density at radius 2 is 1.83 bits per heavy atom. The van der Waals surface area contributed by atoms with Crippen LogP contribution in [0.1, 0.15) is 11.4 Å². The number of rotatable bonds is 5. The largest absolute Gasteiger partial charge is 0.355 e. The maximum Gasteiger partial charge on any atom is 0.261 e. The molecule has 3 rings (SSSR count). The molecule has 124 valence electrons. The highest BCUT2D eigenvalue weighted by Crippen LogP contribution is 2.27. The third kappa shape index (κ3) is 3.32. The van der Waals surface area contributed by atoms with E-state index in [9.17, 15) is 0 Å². The summed E-state index contributed by atoms with van der Waals surface area (Å²) in [4.78, 5) is 21.3. The lowest BCUT2D eigenvalue weighted by Gasteiger charge is -2.20. The first-order chi connectivity index (χ1) is 11.5. The Bertz CT molecular complexity index is 813. The zero-order valence-corrected chi connectivity index (χ0v) is 14.1. The standard InChI is InChI=1S/C16H19N7O/c1-11-20-15(24-21-11)13-6-5-7-17-14(13)23(4)10-12-8-18-16(19-9-12)22(2)3/h5-9H,10H2,1-4H3. The second kappa shape index (κ2) is 6.61. The summed E-state index contributed by atoms with van der Waals surface area (Å²) < 4.78 is 5.28. The van der Waals surface area contributed by atoms with E-state index < -0.39 is 0 Å². The topological polar surface area (TPSA) is 84.1 Å². The van der Waals surface area contributed by atoms with Crippen molar-refractivity contribution in [3.8, 4) is 11.5 Å². The van der Waals surface area contributed by atoms with Gasteiger partial charge in [0.15, 0.2) is 5.82 Å². The van der Waals surface area contributed by atoms with E-state index in [-0.39, 0.29) is 0 Å². The van der Waals surface area contributed by atoms with E-state index in [4.69, 9.17) is 4.52 Å². The van der Waals surface area contributed by atoms with E-state index in [0.717, 1.165) is 16.9 Å². The molecule has 3 aromatic rings. The molecule has 0 fully saturated rings. The summed E-state index contributed by atoms with van der Waals surface area (Å²) >= 11 is 0. The van der Waals surface area contributed by atoms with Gasteiger partial charge in [0.05, 0.1) is 5.56 Å². The van der Waals surface area contributed by atoms with Gasteiger partial charge in [-0.2, -0.15) is 4.98 Å². The van der Waals surface area contributed by atoms with Crippen LogP contribution in [0.4, 0.5) is 11.8 Å². The summed E-state index contributed by atoms with van der Waals surface area (Å²) in [7, 11) is 5.77. The van der Waals surface area contributed by atoms with E-state index in [1.807, 2.05) is 55.5 Å². The van der Waals surface area contributed by atoms with Crippen LogP contribution >= 0.6 is 0 Å². The van der Waals surface area contributed by atoms with Crippen LogP contribution in [0.25, 0.3) is 11.5 Å². The summed E-state index contributed by atoms with van der Waals surface area (Å²) in [6.07, 6.45) is 5.38. The van der Waals surface area contributed by atoms with E-state index in [1.165, 1.54) is 0 Å². The Labute approximate surface area is 140 Å². The van der Waals surface area contributed by atoms with Crippen molar-refractivity contribution in [2.24, 2.45) is 0 Å². The van der Waals surface area contributed by atoms with Crippen molar-refractivity contribution >= 4 is 11.8 Å². The van der Waals surface area contributed by atoms with Crippen LogP contribution in [-0.4, -0.2) is 46.2 Å². The lowest BCUT2D eigenvalue weighted by molar-refractivity contribution is 0.425. The van der Waals surface area contributed by atoms with Gasteiger partial charge in [0, 0.05) is 51.8 Å². The van der Waals surface area contributed by atoms with Crippen molar-refractivity contribution < 1.29 is 4.52 Å². The van der Waals surface area contributed by atoms with E-state index in [1.54, 1.807) is 13.1 Å². The van der Waals surface area contributed by atoms with Crippen LogP contribution in [0.5, 0.6) is 0 Å². The van der Waals surface area contributed by atoms with Crippen molar-refractivity contribution in [3.63, 3.8) is 0 Å². The zero-order valence-electron chi connectivity index (χ0n) is 14.1. The number of hydrogen-bond donors (Lipinski definition) is 0. The highest BCUT2D eigenvalue weighted by atomic mass is 16.5. The molecule has 0 aliphatic heterocycles. The molecule has 0 bridgehead atoms. The number of anilines is 2. The molecule has 0 N–H and O–H groups in total. The van der Waals surface area contributed by atoms with Crippen molar-refractivity contribution in [2.45, 2.75) is 13.5 Å². The normalized spacial score (nSPS) is 10.7. The minimum Gasteiger partial charge on any atom is -0.355 e. The SMILES string of the molecule is Cc1noc(-c2cccnc2N(C)Cc2cnc(N(C)C)nc2)n1. The quantitative estimate of drug-likeness (QED) is 0.703. The summed E-state index contributed by atoms with van der Waals surface area (Å²) in [6, 6.07) is 3.76. The molecular weight excluding hydrogens is 306 g/mol. The maximum absolute atomic E-state index is 5.28. The van der Waals surface area contributed by atoms with E-state index in [0.29, 0.717) is 24.2 Å². The van der Waals surface area contributed by atoms with Crippen LogP contribution < -0.4 is 9.80 Å². The lowest BCUT2D eigenvalue weighted by atomic mass is 10.2. The van der Waals surface area contributed by atoms with E-state index >= 15 is 0 Å². The maximum atomic E-state index is 5.28. The molecule has 0 saturated carbocycles. The van der Waals surface area contributed by atoms with Crippen molar-refractivity contribution in [3.05, 3.63) is 42.1 Å². The molecule has 0 spiro atoms. The monoisotopic (exact) mass is 325 g/mol. The number of aryl methyl sites for hydroxylation is 1. The van der Waals surface area contributed by atoms with Gasteiger partial charge in [-0.1, -0.05) is 5.16 Å². The van der Waals surface area contributed by atoms with Crippen molar-refractivity contribution in [1.82, 2.24) is 25.1 Å². The summed E-state index contributed by atoms with van der Waals surface area (Å²) in [5.74, 6) is 2.50. The molecule has 0 unspecified atom stereocenters. The smallest absolute Gasteiger partial charge is 0.261 e. The molecule has 24 heavy (non-hydrogen) atoms. The third-order valence-electron chi connectivity index (χ3n) is 3.42. The average Bonchev–Trinajstić information content (AvgIpc) is 3.01. The summed E-state index contributed by atoms with van der Waals surface area (Å²) in [5, 5.41) is 3.85. The Morgan fingerprint density at radius 3 is 2.46 bits per heavy atom. The van der Waals surface area contributed by atoms with Crippen LogP contribution in [0.2, 0.25) is 0 Å². The van der Waals surface area contributed by atoms with Crippen LogP contribution in [0.15, 0.2) is 35.2 Å². The van der Waals surface area contributed by atoms with Crippen molar-refractivity contribution in [2.75, 3.05) is 30.9 Å². The second-order valence-electron chi connectivity index (χ2n) is 5.66. The fraction of sp³-hybridized carbons (Fsp3) is 0.312. The average molecular weight is 325 g/mol. The number of hydrogen-bond acceptors (Lipinski definition) is 8. The van der Waals surface area contributed by atoms with Gasteiger partial charge in [-0.3, -0.25) is 0 Å². The number of pyridine rings is 1. The molecule has 0 aromatic carbocycles. The third-order valence-corrected chi connectivity index (χ3v) is 3.42. The summed E-state index contributed by atoms with van der Waals surface area (Å²) in [5.41, 5.74) is 1.79. The Morgan fingerprint density at radius 1 is 1.08 bits per heavy atom. The Balaban J connectivity index is 1.84. The van der Waals surface area contributed by atoms with Gasteiger partial charge in [-0.05, 0) is 19.1 Å². The van der Waals surface area contributed by atoms with E-state index in [2.05, 4.69) is 25.1 Å². The van der Waals surface area contributed by atoms with Crippen molar-refractivity contribution in [1.29, 1.82) is 0 Å². The number of aromatic nitrogens is 5. The highest BCUT2D eigenvalue weighted by Gasteiger charge is 2.16. The fourth-order valence-corrected chi connectivity index (χ4v) is 2.28. The first-order valence-corrected chi connectivity index (χ1v) is 7.49. The molecule has 0 amide bonds. The molecule has 8 nitrogen and oxygen atoms in total. The molecule has 0 atom stereocenters. The predicted molar refractivity (Wildman–Crippen MR) is 90.7 cm³/mol. The molecule has 8 heteroatoms. The minimum atomic E-state index is 0.460. The minimum absolute atomic E-state index is 0.460. The van der Waals surface area contributed by atoms with Gasteiger partial charge in [-0.25, -0.2) is 15.0 Å². The molecule has 0 aliphatic carbocycles.